The van der Waals surface area contributed by atoms with Crippen LogP contribution in [0.1, 0.15) is 49.4 Å². The van der Waals surface area contributed by atoms with E-state index < -0.39 is 0 Å². The summed E-state index contributed by atoms with van der Waals surface area (Å²) in [6, 6.07) is 9.91. The number of carbonyl (C=O) groups excluding carboxylic acids is 2. The summed E-state index contributed by atoms with van der Waals surface area (Å²) in [6.07, 6.45) is 6.19. The molecule has 0 bridgehead atoms. The molecule has 2 aliphatic heterocycles. The molecular weight excluding hydrogens is 494 g/mol. The zero-order valence-corrected chi connectivity index (χ0v) is 22.9. The predicted molar refractivity (Wildman–Crippen MR) is 148 cm³/mol. The van der Waals surface area contributed by atoms with Gasteiger partial charge in [0.1, 0.15) is 12.1 Å². The van der Waals surface area contributed by atoms with Crippen molar-refractivity contribution >= 4 is 17.6 Å². The zero-order valence-electron chi connectivity index (χ0n) is 22.9. The molecule has 1 aromatic carbocycles. The number of imidazole rings is 1. The van der Waals surface area contributed by atoms with Gasteiger partial charge >= 0.3 is 0 Å². The Balaban J connectivity index is 1.38. The molecule has 10 nitrogen and oxygen atoms in total. The topological polar surface area (TPSA) is 105 Å². The largest absolute Gasteiger partial charge is 0.381 e. The van der Waals surface area contributed by atoms with E-state index in [0.717, 1.165) is 23.5 Å². The second-order valence-corrected chi connectivity index (χ2v) is 10.7. The van der Waals surface area contributed by atoms with Crippen molar-refractivity contribution in [1.82, 2.24) is 29.7 Å². The number of aryl methyl sites for hydroxylation is 1. The smallest absolute Gasteiger partial charge is 0.237 e. The summed E-state index contributed by atoms with van der Waals surface area (Å²) in [5, 5.41) is 3.07. The van der Waals surface area contributed by atoms with Crippen molar-refractivity contribution in [3.8, 4) is 5.95 Å². The van der Waals surface area contributed by atoms with Gasteiger partial charge in [-0.2, -0.15) is 4.98 Å². The molecule has 3 aromatic rings. The van der Waals surface area contributed by atoms with E-state index in [1.54, 1.807) is 17.1 Å². The van der Waals surface area contributed by atoms with Crippen LogP contribution in [-0.4, -0.2) is 75.1 Å². The van der Waals surface area contributed by atoms with Gasteiger partial charge in [0.15, 0.2) is 0 Å². The van der Waals surface area contributed by atoms with Gasteiger partial charge in [0.25, 0.3) is 0 Å². The van der Waals surface area contributed by atoms with E-state index in [1.165, 1.54) is 5.56 Å². The zero-order chi connectivity index (χ0) is 27.4. The maximum atomic E-state index is 13.3. The summed E-state index contributed by atoms with van der Waals surface area (Å²) in [7, 11) is 0. The minimum Gasteiger partial charge on any atom is -0.381 e. The van der Waals surface area contributed by atoms with Crippen molar-refractivity contribution in [3.05, 3.63) is 65.9 Å². The van der Waals surface area contributed by atoms with Crippen molar-refractivity contribution in [3.63, 3.8) is 0 Å². The summed E-state index contributed by atoms with van der Waals surface area (Å²) in [4.78, 5) is 44.3. The van der Waals surface area contributed by atoms with Crippen LogP contribution in [0.15, 0.2) is 49.1 Å². The van der Waals surface area contributed by atoms with Crippen molar-refractivity contribution < 1.29 is 14.3 Å². The molecule has 0 radical (unpaired) electrons. The lowest BCUT2D eigenvalue weighted by molar-refractivity contribution is -0.137. The first-order valence-corrected chi connectivity index (χ1v) is 13.7. The normalized spacial score (nSPS) is 19.5. The van der Waals surface area contributed by atoms with Crippen molar-refractivity contribution in [1.29, 1.82) is 0 Å². The third kappa shape index (κ3) is 6.44. The molecule has 5 rings (SSSR count). The highest BCUT2D eigenvalue weighted by molar-refractivity contribution is 5.80. The second-order valence-electron chi connectivity index (χ2n) is 10.7. The van der Waals surface area contributed by atoms with Crippen LogP contribution in [0, 0.1) is 12.8 Å². The molecule has 0 spiro atoms. The number of hydrogen-bond acceptors (Lipinski definition) is 7. The van der Waals surface area contributed by atoms with Crippen LogP contribution in [0.2, 0.25) is 0 Å². The van der Waals surface area contributed by atoms with E-state index in [9.17, 15) is 9.59 Å². The van der Waals surface area contributed by atoms with E-state index in [4.69, 9.17) is 14.7 Å². The highest BCUT2D eigenvalue weighted by atomic mass is 16.5. The fourth-order valence-corrected chi connectivity index (χ4v) is 5.09. The molecule has 2 aliphatic rings. The lowest BCUT2D eigenvalue weighted by Gasteiger charge is -2.42. The molecule has 2 fully saturated rings. The summed E-state index contributed by atoms with van der Waals surface area (Å²) >= 11 is 0. The Morgan fingerprint density at radius 1 is 1.15 bits per heavy atom. The quantitative estimate of drug-likeness (QED) is 0.477. The highest BCUT2D eigenvalue weighted by Gasteiger charge is 2.36. The number of anilines is 1. The van der Waals surface area contributed by atoms with Gasteiger partial charge in [-0.3, -0.25) is 14.2 Å². The number of piperazine rings is 1. The first-order chi connectivity index (χ1) is 18.9. The third-order valence-electron chi connectivity index (χ3n) is 7.45. The van der Waals surface area contributed by atoms with Crippen LogP contribution < -0.4 is 10.2 Å². The number of rotatable bonds is 8. The molecule has 0 saturated carbocycles. The number of nitrogens with zero attached hydrogens (tertiary/aromatic N) is 6. The Morgan fingerprint density at radius 2 is 1.97 bits per heavy atom. The van der Waals surface area contributed by atoms with E-state index in [1.807, 2.05) is 48.4 Å². The van der Waals surface area contributed by atoms with Crippen molar-refractivity contribution in [2.24, 2.45) is 5.92 Å². The molecule has 2 amide bonds. The molecule has 0 aliphatic carbocycles. The van der Waals surface area contributed by atoms with Crippen LogP contribution in [0.25, 0.3) is 5.95 Å². The van der Waals surface area contributed by atoms with Gasteiger partial charge in [-0.05, 0) is 24.8 Å². The minimum atomic E-state index is -0.228. The molecule has 1 N–H and O–H groups in total. The molecule has 2 saturated heterocycles. The summed E-state index contributed by atoms with van der Waals surface area (Å²) in [5.41, 5.74) is 3.14. The van der Waals surface area contributed by atoms with Gasteiger partial charge in [-0.15, -0.1) is 0 Å². The first kappa shape index (κ1) is 26.8. The Kier molecular flexibility index (Phi) is 8.21. The van der Waals surface area contributed by atoms with E-state index in [2.05, 4.69) is 29.0 Å². The molecule has 2 atom stereocenters. The second kappa shape index (κ2) is 11.9. The van der Waals surface area contributed by atoms with E-state index in [0.29, 0.717) is 45.3 Å². The number of benzene rings is 1. The van der Waals surface area contributed by atoms with E-state index >= 15 is 0 Å². The highest BCUT2D eigenvalue weighted by Crippen LogP contribution is 2.26. The monoisotopic (exact) mass is 531 g/mol. The standard InChI is InChI=1S/C29H37N7O3/c1-20(2)25-15-26(33-29(32-25)35-10-9-30-19-35)36-12-11-34(28(38)23-8-13-39-18-23)17-24(36)14-27(37)31-16-22-6-4-21(3)5-7-22/h4-7,9-10,15,19-20,23-24H,8,11-14,16-18H2,1-3H3,(H,31,37). The van der Waals surface area contributed by atoms with Crippen molar-refractivity contribution in [2.45, 2.75) is 52.1 Å². The van der Waals surface area contributed by atoms with Gasteiger partial charge in [0, 0.05) is 57.7 Å². The van der Waals surface area contributed by atoms with Gasteiger partial charge in [0.2, 0.25) is 17.8 Å². The number of nitrogens with one attached hydrogen (secondary N) is 1. The molecule has 2 unspecified atom stereocenters. The number of aromatic nitrogens is 4. The van der Waals surface area contributed by atoms with Gasteiger partial charge in [-0.1, -0.05) is 43.7 Å². The van der Waals surface area contributed by atoms with Crippen LogP contribution in [0.4, 0.5) is 5.82 Å². The fourth-order valence-electron chi connectivity index (χ4n) is 5.09. The number of amides is 2. The average molecular weight is 532 g/mol. The lowest BCUT2D eigenvalue weighted by Crippen LogP contribution is -2.57. The molecule has 10 heteroatoms. The molecular formula is C29H37N7O3. The van der Waals surface area contributed by atoms with Crippen LogP contribution >= 0.6 is 0 Å². The first-order valence-electron chi connectivity index (χ1n) is 13.7. The van der Waals surface area contributed by atoms with Gasteiger partial charge in [0.05, 0.1) is 24.3 Å². The Hall–Kier alpha value is -3.79. The summed E-state index contributed by atoms with van der Waals surface area (Å²) < 4.78 is 7.26. The summed E-state index contributed by atoms with van der Waals surface area (Å²) in [5.74, 6) is 1.43. The summed E-state index contributed by atoms with van der Waals surface area (Å²) in [6.45, 7) is 9.39. The maximum Gasteiger partial charge on any atom is 0.237 e. The fraction of sp³-hybridized carbons (Fsp3) is 0.483. The van der Waals surface area contributed by atoms with Crippen LogP contribution in [0.5, 0.6) is 0 Å². The van der Waals surface area contributed by atoms with Crippen molar-refractivity contribution in [2.75, 3.05) is 37.7 Å². The predicted octanol–water partition coefficient (Wildman–Crippen LogP) is 2.85. The Labute approximate surface area is 229 Å². The maximum absolute atomic E-state index is 13.3. The molecule has 2 aromatic heterocycles. The lowest BCUT2D eigenvalue weighted by atomic mass is 10.0. The third-order valence-corrected chi connectivity index (χ3v) is 7.45. The minimum absolute atomic E-state index is 0.0583. The number of hydrogen-bond donors (Lipinski definition) is 1. The molecule has 39 heavy (non-hydrogen) atoms. The van der Waals surface area contributed by atoms with Gasteiger partial charge < -0.3 is 19.9 Å². The number of ether oxygens (including phenoxy) is 1. The average Bonchev–Trinajstić information content (AvgIpc) is 3.67. The van der Waals surface area contributed by atoms with Gasteiger partial charge in [-0.25, -0.2) is 9.97 Å². The molecule has 206 valence electrons. The van der Waals surface area contributed by atoms with Crippen LogP contribution in [-0.2, 0) is 20.9 Å². The SMILES string of the molecule is Cc1ccc(CNC(=O)CC2CN(C(=O)C3CCOC3)CCN2c2cc(C(C)C)nc(-n3ccnc3)n2)cc1. The Morgan fingerprint density at radius 3 is 2.67 bits per heavy atom. The Bertz CT molecular complexity index is 1270. The van der Waals surface area contributed by atoms with Crippen LogP contribution in [0.3, 0.4) is 0 Å². The molecule has 4 heterocycles. The van der Waals surface area contributed by atoms with E-state index in [-0.39, 0.29) is 36.1 Å². The number of carbonyl (C=O) groups is 2.